The number of para-hydroxylation sites is 1. The average molecular weight is 249 g/mol. The van der Waals surface area contributed by atoms with Gasteiger partial charge in [-0.15, -0.1) is 0 Å². The highest BCUT2D eigenvalue weighted by Crippen LogP contribution is 2.26. The number of hydrogen-bond acceptors (Lipinski definition) is 3. The number of aromatic nitrogens is 1. The van der Waals surface area contributed by atoms with Gasteiger partial charge in [0, 0.05) is 11.8 Å². The first-order valence-electron chi connectivity index (χ1n) is 5.40. The minimum absolute atomic E-state index is 0.380. The van der Waals surface area contributed by atoms with Crippen molar-refractivity contribution in [1.29, 1.82) is 0 Å². The van der Waals surface area contributed by atoms with E-state index in [1.165, 1.54) is 0 Å². The molecule has 17 heavy (non-hydrogen) atoms. The summed E-state index contributed by atoms with van der Waals surface area (Å²) in [5, 5.41) is 3.61. The highest BCUT2D eigenvalue weighted by molar-refractivity contribution is 6.30. The molecule has 0 radical (unpaired) electrons. The third kappa shape index (κ3) is 3.11. The van der Waals surface area contributed by atoms with Crippen LogP contribution >= 0.6 is 11.6 Å². The predicted molar refractivity (Wildman–Crippen MR) is 70.1 cm³/mol. The molecule has 4 heteroatoms. The zero-order valence-corrected chi connectivity index (χ0v) is 10.2. The summed E-state index contributed by atoms with van der Waals surface area (Å²) in [4.78, 5) is 4.07. The summed E-state index contributed by atoms with van der Waals surface area (Å²) in [6.45, 7) is 2.48. The van der Waals surface area contributed by atoms with Gasteiger partial charge in [-0.3, -0.25) is 0 Å². The molecule has 0 aliphatic heterocycles. The molecule has 0 amide bonds. The Labute approximate surface area is 105 Å². The van der Waals surface area contributed by atoms with Crippen molar-refractivity contribution < 1.29 is 4.74 Å². The van der Waals surface area contributed by atoms with Crippen LogP contribution in [0.2, 0.25) is 5.15 Å². The molecule has 1 heterocycles. The van der Waals surface area contributed by atoms with Crippen LogP contribution in [-0.4, -0.2) is 11.6 Å². The average Bonchev–Trinajstić information content (AvgIpc) is 2.35. The van der Waals surface area contributed by atoms with Crippen LogP contribution in [0, 0.1) is 0 Å². The van der Waals surface area contributed by atoms with Crippen molar-refractivity contribution in [1.82, 2.24) is 4.98 Å². The maximum Gasteiger partial charge on any atom is 0.171 e. The van der Waals surface area contributed by atoms with Crippen molar-refractivity contribution in [2.45, 2.75) is 6.92 Å². The number of rotatable bonds is 4. The van der Waals surface area contributed by atoms with Gasteiger partial charge < -0.3 is 10.1 Å². The molecule has 88 valence electrons. The van der Waals surface area contributed by atoms with Crippen molar-refractivity contribution in [2.24, 2.45) is 0 Å². The van der Waals surface area contributed by atoms with Gasteiger partial charge in [-0.05, 0) is 19.1 Å². The summed E-state index contributed by atoms with van der Waals surface area (Å²) in [6.07, 6.45) is 1.68. The van der Waals surface area contributed by atoms with Crippen molar-refractivity contribution >= 4 is 23.0 Å². The van der Waals surface area contributed by atoms with E-state index in [2.05, 4.69) is 10.3 Å². The van der Waals surface area contributed by atoms with E-state index in [9.17, 15) is 0 Å². The Kier molecular flexibility index (Phi) is 3.83. The number of hydrogen-bond donors (Lipinski definition) is 1. The van der Waals surface area contributed by atoms with Crippen molar-refractivity contribution in [3.63, 3.8) is 0 Å². The Morgan fingerprint density at radius 2 is 2.00 bits per heavy atom. The number of nitrogens with zero attached hydrogens (tertiary/aromatic N) is 1. The van der Waals surface area contributed by atoms with Crippen LogP contribution < -0.4 is 10.1 Å². The highest BCUT2D eigenvalue weighted by atomic mass is 35.5. The van der Waals surface area contributed by atoms with E-state index < -0.39 is 0 Å². The molecule has 0 saturated heterocycles. The fourth-order valence-corrected chi connectivity index (χ4v) is 1.60. The number of halogens is 1. The number of ether oxygens (including phenoxy) is 1. The maximum absolute atomic E-state index is 5.91. The molecule has 1 aromatic carbocycles. The zero-order chi connectivity index (χ0) is 12.1. The monoisotopic (exact) mass is 248 g/mol. The largest absolute Gasteiger partial charge is 0.491 e. The molecule has 0 bridgehead atoms. The third-order valence-corrected chi connectivity index (χ3v) is 2.45. The number of benzene rings is 1. The molecule has 1 N–H and O–H groups in total. The molecular formula is C13H13ClN2O. The van der Waals surface area contributed by atoms with Gasteiger partial charge in [0.15, 0.2) is 10.9 Å². The van der Waals surface area contributed by atoms with Gasteiger partial charge in [-0.25, -0.2) is 4.98 Å². The fourth-order valence-electron chi connectivity index (χ4n) is 1.44. The lowest BCUT2D eigenvalue weighted by atomic mass is 10.3. The molecule has 0 atom stereocenters. The van der Waals surface area contributed by atoms with Crippen molar-refractivity contribution in [2.75, 3.05) is 11.9 Å². The summed E-state index contributed by atoms with van der Waals surface area (Å²) < 4.78 is 5.38. The molecule has 3 nitrogen and oxygen atoms in total. The van der Waals surface area contributed by atoms with E-state index >= 15 is 0 Å². The number of pyridine rings is 1. The minimum atomic E-state index is 0.380. The molecule has 0 fully saturated rings. The Morgan fingerprint density at radius 3 is 2.71 bits per heavy atom. The zero-order valence-electron chi connectivity index (χ0n) is 9.48. The summed E-state index contributed by atoms with van der Waals surface area (Å²) in [6, 6.07) is 11.7. The molecule has 1 aromatic heterocycles. The SMILES string of the molecule is CCOc1cc(Nc2ccccc2)cnc1Cl. The van der Waals surface area contributed by atoms with Gasteiger partial charge in [-0.1, -0.05) is 29.8 Å². The van der Waals surface area contributed by atoms with Crippen LogP contribution in [0.15, 0.2) is 42.6 Å². The van der Waals surface area contributed by atoms with E-state index in [0.717, 1.165) is 11.4 Å². The summed E-state index contributed by atoms with van der Waals surface area (Å²) in [7, 11) is 0. The van der Waals surface area contributed by atoms with Crippen molar-refractivity contribution in [3.05, 3.63) is 47.7 Å². The Bertz CT molecular complexity index is 488. The van der Waals surface area contributed by atoms with Gasteiger partial charge in [0.25, 0.3) is 0 Å². The van der Waals surface area contributed by atoms with Crippen LogP contribution in [0.4, 0.5) is 11.4 Å². The molecule has 0 unspecified atom stereocenters. The van der Waals surface area contributed by atoms with Crippen LogP contribution in [0.3, 0.4) is 0 Å². The van der Waals surface area contributed by atoms with E-state index in [1.807, 2.05) is 43.3 Å². The second kappa shape index (κ2) is 5.55. The van der Waals surface area contributed by atoms with Gasteiger partial charge in [0.1, 0.15) is 0 Å². The predicted octanol–water partition coefficient (Wildman–Crippen LogP) is 3.88. The van der Waals surface area contributed by atoms with Crippen LogP contribution in [0.1, 0.15) is 6.92 Å². The van der Waals surface area contributed by atoms with Gasteiger partial charge in [0.2, 0.25) is 0 Å². The van der Waals surface area contributed by atoms with Crippen LogP contribution in [-0.2, 0) is 0 Å². The van der Waals surface area contributed by atoms with Crippen molar-refractivity contribution in [3.8, 4) is 5.75 Å². The first-order chi connectivity index (χ1) is 8.29. The normalized spacial score (nSPS) is 10.0. The van der Waals surface area contributed by atoms with Crippen LogP contribution in [0.25, 0.3) is 0 Å². The molecule has 2 rings (SSSR count). The molecule has 0 aliphatic carbocycles. The lowest BCUT2D eigenvalue weighted by Gasteiger charge is -2.09. The Morgan fingerprint density at radius 1 is 1.24 bits per heavy atom. The third-order valence-electron chi connectivity index (χ3n) is 2.17. The Balaban J connectivity index is 2.19. The second-order valence-corrected chi connectivity index (χ2v) is 3.79. The highest BCUT2D eigenvalue weighted by Gasteiger charge is 2.04. The standard InChI is InChI=1S/C13H13ClN2O/c1-2-17-12-8-11(9-15-13(12)14)16-10-6-4-3-5-7-10/h3-9,16H,2H2,1H3. The molecule has 0 aliphatic rings. The molecular weight excluding hydrogens is 236 g/mol. The number of anilines is 2. The lowest BCUT2D eigenvalue weighted by molar-refractivity contribution is 0.339. The first kappa shape index (κ1) is 11.7. The maximum atomic E-state index is 5.91. The molecule has 0 spiro atoms. The lowest BCUT2D eigenvalue weighted by Crippen LogP contribution is -1.96. The van der Waals surface area contributed by atoms with E-state index in [-0.39, 0.29) is 0 Å². The molecule has 2 aromatic rings. The topological polar surface area (TPSA) is 34.1 Å². The first-order valence-corrected chi connectivity index (χ1v) is 5.78. The molecule has 0 saturated carbocycles. The van der Waals surface area contributed by atoms with E-state index in [1.54, 1.807) is 6.20 Å². The van der Waals surface area contributed by atoms with Gasteiger partial charge in [-0.2, -0.15) is 0 Å². The quantitative estimate of drug-likeness (QED) is 0.834. The Hall–Kier alpha value is -1.74. The van der Waals surface area contributed by atoms with E-state index in [0.29, 0.717) is 17.5 Å². The summed E-state index contributed by atoms with van der Waals surface area (Å²) in [5.41, 5.74) is 1.85. The van der Waals surface area contributed by atoms with Gasteiger partial charge in [0.05, 0.1) is 18.5 Å². The van der Waals surface area contributed by atoms with Gasteiger partial charge >= 0.3 is 0 Å². The fraction of sp³-hybridized carbons (Fsp3) is 0.154. The second-order valence-electron chi connectivity index (χ2n) is 3.44. The minimum Gasteiger partial charge on any atom is -0.491 e. The van der Waals surface area contributed by atoms with E-state index in [4.69, 9.17) is 16.3 Å². The van der Waals surface area contributed by atoms with Crippen LogP contribution in [0.5, 0.6) is 5.75 Å². The summed E-state index contributed by atoms with van der Waals surface area (Å²) in [5.74, 6) is 0.593. The number of nitrogens with one attached hydrogen (secondary N) is 1. The smallest absolute Gasteiger partial charge is 0.171 e. The summed E-state index contributed by atoms with van der Waals surface area (Å²) >= 11 is 5.91.